The van der Waals surface area contributed by atoms with Crippen molar-refractivity contribution in [1.29, 1.82) is 0 Å². The van der Waals surface area contributed by atoms with Gasteiger partial charge in [0.1, 0.15) is 5.82 Å². The van der Waals surface area contributed by atoms with Crippen LogP contribution in [0.25, 0.3) is 0 Å². The van der Waals surface area contributed by atoms with Gasteiger partial charge >= 0.3 is 0 Å². The normalized spacial score (nSPS) is 19.6. The van der Waals surface area contributed by atoms with Crippen LogP contribution in [0.4, 0.5) is 5.69 Å². The van der Waals surface area contributed by atoms with E-state index < -0.39 is 0 Å². The van der Waals surface area contributed by atoms with Crippen molar-refractivity contribution in [3.05, 3.63) is 48.0 Å². The predicted octanol–water partition coefficient (Wildman–Crippen LogP) is 2.38. The van der Waals surface area contributed by atoms with Crippen LogP contribution >= 0.6 is 0 Å². The van der Waals surface area contributed by atoms with E-state index in [9.17, 15) is 0 Å². The van der Waals surface area contributed by atoms with Crippen molar-refractivity contribution in [2.75, 3.05) is 18.5 Å². The minimum Gasteiger partial charge on any atom is -0.374 e. The van der Waals surface area contributed by atoms with Crippen LogP contribution in [-0.2, 0) is 0 Å². The minimum absolute atomic E-state index is 0.419. The summed E-state index contributed by atoms with van der Waals surface area (Å²) in [7, 11) is 2.15. The summed E-state index contributed by atoms with van der Waals surface area (Å²) in [6.07, 6.45) is 4.85. The number of imidazole rings is 1. The smallest absolute Gasteiger partial charge is 0.113 e. The van der Waals surface area contributed by atoms with E-state index in [4.69, 9.17) is 0 Å². The molecule has 0 saturated carbocycles. The number of nitrogens with zero attached hydrogens (tertiary/aromatic N) is 2. The molecular weight excluding hydrogens is 198 g/mol. The fourth-order valence-electron chi connectivity index (χ4n) is 2.48. The summed E-state index contributed by atoms with van der Waals surface area (Å²) in [5.74, 6) is 1.50. The van der Waals surface area contributed by atoms with Gasteiger partial charge in [-0.25, -0.2) is 4.98 Å². The number of hydrogen-bond donors (Lipinski definition) is 1. The number of rotatable bonds is 1. The lowest BCUT2D eigenvalue weighted by Crippen LogP contribution is -2.27. The molecular formula is C13H15N3. The van der Waals surface area contributed by atoms with Crippen molar-refractivity contribution < 1.29 is 0 Å². The third kappa shape index (κ3) is 1.40. The number of fused-ring (bicyclic) bond motifs is 1. The molecule has 0 amide bonds. The summed E-state index contributed by atoms with van der Waals surface area (Å²) in [6.45, 7) is 1.09. The Bertz CT molecular complexity index is 476. The molecule has 2 heterocycles. The second-order valence-corrected chi connectivity index (χ2v) is 4.30. The summed E-state index contributed by atoms with van der Waals surface area (Å²) >= 11 is 0. The van der Waals surface area contributed by atoms with Crippen molar-refractivity contribution in [2.45, 2.75) is 12.3 Å². The second kappa shape index (κ2) is 3.67. The molecule has 0 unspecified atom stereocenters. The lowest BCUT2D eigenvalue weighted by molar-refractivity contribution is 0.640. The molecule has 0 aliphatic carbocycles. The third-order valence-corrected chi connectivity index (χ3v) is 3.33. The minimum atomic E-state index is 0.419. The summed E-state index contributed by atoms with van der Waals surface area (Å²) < 4.78 is 0. The van der Waals surface area contributed by atoms with E-state index in [1.807, 2.05) is 12.4 Å². The maximum Gasteiger partial charge on any atom is 0.113 e. The Morgan fingerprint density at radius 2 is 2.25 bits per heavy atom. The van der Waals surface area contributed by atoms with Gasteiger partial charge in [-0.2, -0.15) is 0 Å². The summed E-state index contributed by atoms with van der Waals surface area (Å²) in [5, 5.41) is 0. The van der Waals surface area contributed by atoms with Crippen molar-refractivity contribution in [2.24, 2.45) is 0 Å². The molecule has 3 rings (SSSR count). The summed E-state index contributed by atoms with van der Waals surface area (Å²) in [5.41, 5.74) is 2.71. The van der Waals surface area contributed by atoms with Crippen LogP contribution in [-0.4, -0.2) is 23.6 Å². The lowest BCUT2D eigenvalue weighted by Gasteiger charge is -2.32. The van der Waals surface area contributed by atoms with Gasteiger partial charge in [0.15, 0.2) is 0 Å². The monoisotopic (exact) mass is 213 g/mol. The zero-order valence-corrected chi connectivity index (χ0v) is 9.35. The van der Waals surface area contributed by atoms with Gasteiger partial charge in [-0.05, 0) is 18.1 Å². The third-order valence-electron chi connectivity index (χ3n) is 3.33. The van der Waals surface area contributed by atoms with Crippen LogP contribution in [0.5, 0.6) is 0 Å². The van der Waals surface area contributed by atoms with Crippen LogP contribution in [0.2, 0.25) is 0 Å². The van der Waals surface area contributed by atoms with Crippen LogP contribution in [0.1, 0.15) is 23.7 Å². The molecule has 16 heavy (non-hydrogen) atoms. The van der Waals surface area contributed by atoms with E-state index in [-0.39, 0.29) is 0 Å². The van der Waals surface area contributed by atoms with Gasteiger partial charge in [-0.1, -0.05) is 18.2 Å². The van der Waals surface area contributed by atoms with Gasteiger partial charge in [0, 0.05) is 37.6 Å². The van der Waals surface area contributed by atoms with Gasteiger partial charge in [0.05, 0.1) is 0 Å². The van der Waals surface area contributed by atoms with Crippen LogP contribution in [0.15, 0.2) is 36.7 Å². The van der Waals surface area contributed by atoms with E-state index in [1.165, 1.54) is 11.3 Å². The molecule has 3 heteroatoms. The Kier molecular flexibility index (Phi) is 2.17. The van der Waals surface area contributed by atoms with Gasteiger partial charge in [-0.3, -0.25) is 0 Å². The molecule has 1 aliphatic heterocycles. The second-order valence-electron chi connectivity index (χ2n) is 4.30. The fourth-order valence-corrected chi connectivity index (χ4v) is 2.48. The number of para-hydroxylation sites is 1. The molecule has 2 aromatic rings. The first-order chi connectivity index (χ1) is 7.86. The first-order valence-electron chi connectivity index (χ1n) is 5.65. The summed E-state index contributed by atoms with van der Waals surface area (Å²) in [6, 6.07) is 8.59. The number of benzene rings is 1. The highest BCUT2D eigenvalue weighted by Gasteiger charge is 2.25. The predicted molar refractivity (Wildman–Crippen MR) is 64.8 cm³/mol. The molecule has 3 nitrogen and oxygen atoms in total. The first-order valence-corrected chi connectivity index (χ1v) is 5.65. The Morgan fingerprint density at radius 1 is 1.38 bits per heavy atom. The maximum absolute atomic E-state index is 4.39. The van der Waals surface area contributed by atoms with Gasteiger partial charge in [0.2, 0.25) is 0 Å². The van der Waals surface area contributed by atoms with Gasteiger partial charge < -0.3 is 9.88 Å². The maximum atomic E-state index is 4.39. The van der Waals surface area contributed by atoms with E-state index in [0.29, 0.717) is 5.92 Å². The Morgan fingerprint density at radius 3 is 3.06 bits per heavy atom. The molecule has 82 valence electrons. The quantitative estimate of drug-likeness (QED) is 0.788. The molecule has 1 aromatic heterocycles. The molecule has 0 radical (unpaired) electrons. The topological polar surface area (TPSA) is 31.9 Å². The highest BCUT2D eigenvalue weighted by Crippen LogP contribution is 2.36. The van der Waals surface area contributed by atoms with Crippen LogP contribution in [0, 0.1) is 0 Å². The largest absolute Gasteiger partial charge is 0.374 e. The zero-order chi connectivity index (χ0) is 11.0. The number of hydrogen-bond acceptors (Lipinski definition) is 2. The highest BCUT2D eigenvalue weighted by atomic mass is 15.1. The van der Waals surface area contributed by atoms with E-state index in [1.54, 1.807) is 0 Å². The zero-order valence-electron chi connectivity index (χ0n) is 9.35. The van der Waals surface area contributed by atoms with Crippen LogP contribution in [0.3, 0.4) is 0 Å². The standard InChI is InChI=1S/C13H15N3/c1-16-9-6-11(13-14-7-8-15-13)10-4-2-3-5-12(10)16/h2-5,7-8,11H,6,9H2,1H3,(H,14,15)/t11-/m1/s1. The molecule has 0 spiro atoms. The first kappa shape index (κ1) is 9.46. The molecule has 1 atom stereocenters. The van der Waals surface area contributed by atoms with E-state index >= 15 is 0 Å². The fraction of sp³-hybridized carbons (Fsp3) is 0.308. The Hall–Kier alpha value is -1.77. The van der Waals surface area contributed by atoms with Crippen molar-refractivity contribution in [3.8, 4) is 0 Å². The molecule has 0 bridgehead atoms. The average molecular weight is 213 g/mol. The summed E-state index contributed by atoms with van der Waals surface area (Å²) in [4.78, 5) is 9.94. The number of anilines is 1. The Labute approximate surface area is 95.1 Å². The Balaban J connectivity index is 2.08. The van der Waals surface area contributed by atoms with Gasteiger partial charge in [-0.15, -0.1) is 0 Å². The van der Waals surface area contributed by atoms with E-state index in [0.717, 1.165) is 18.8 Å². The molecule has 1 aliphatic rings. The van der Waals surface area contributed by atoms with E-state index in [2.05, 4.69) is 46.2 Å². The average Bonchev–Trinajstić information content (AvgIpc) is 2.83. The number of H-pyrrole nitrogens is 1. The number of aromatic nitrogens is 2. The lowest BCUT2D eigenvalue weighted by atomic mass is 9.89. The van der Waals surface area contributed by atoms with Gasteiger partial charge in [0.25, 0.3) is 0 Å². The van der Waals surface area contributed by atoms with Crippen molar-refractivity contribution >= 4 is 5.69 Å². The molecule has 0 fully saturated rings. The molecule has 1 aromatic carbocycles. The SMILES string of the molecule is CN1CC[C@@H](c2ncc[nH]2)c2ccccc21. The number of aromatic amines is 1. The van der Waals surface area contributed by atoms with Crippen LogP contribution < -0.4 is 4.90 Å². The van der Waals surface area contributed by atoms with Crippen molar-refractivity contribution in [1.82, 2.24) is 9.97 Å². The molecule has 0 saturated heterocycles. The number of nitrogens with one attached hydrogen (secondary N) is 1. The molecule has 1 N–H and O–H groups in total. The highest BCUT2D eigenvalue weighted by molar-refractivity contribution is 5.57. The van der Waals surface area contributed by atoms with Crippen molar-refractivity contribution in [3.63, 3.8) is 0 Å².